The van der Waals surface area contributed by atoms with E-state index in [1.54, 1.807) is 12.1 Å². The quantitative estimate of drug-likeness (QED) is 0.868. The third-order valence-electron chi connectivity index (χ3n) is 3.33. The van der Waals surface area contributed by atoms with Gasteiger partial charge in [-0.15, -0.1) is 0 Å². The molecule has 104 valence electrons. The highest BCUT2D eigenvalue weighted by atomic mass is 35.5. The van der Waals surface area contributed by atoms with Crippen molar-refractivity contribution in [2.75, 3.05) is 5.32 Å². The van der Waals surface area contributed by atoms with E-state index in [4.69, 9.17) is 23.2 Å². The standard InChI is InChI=1S/C14H13Cl2N3O/c1-8-7-11(15)17-13(16)12(8)18-14(20)10-3-2-6-19(10)9-4-5-9/h2-3,6-7,9H,4-5H2,1H3,(H,18,20). The van der Waals surface area contributed by atoms with Crippen molar-refractivity contribution >= 4 is 34.8 Å². The fraction of sp³-hybridized carbons (Fsp3) is 0.286. The number of amides is 1. The van der Waals surface area contributed by atoms with Gasteiger partial charge in [0.15, 0.2) is 5.15 Å². The van der Waals surface area contributed by atoms with E-state index in [1.807, 2.05) is 23.8 Å². The summed E-state index contributed by atoms with van der Waals surface area (Å²) in [7, 11) is 0. The van der Waals surface area contributed by atoms with E-state index in [0.29, 0.717) is 22.6 Å². The Labute approximate surface area is 126 Å². The van der Waals surface area contributed by atoms with Crippen molar-refractivity contribution in [3.8, 4) is 0 Å². The molecule has 2 aromatic heterocycles. The fourth-order valence-electron chi connectivity index (χ4n) is 2.18. The second-order valence-corrected chi connectivity index (χ2v) is 5.66. The lowest BCUT2D eigenvalue weighted by Gasteiger charge is -2.12. The molecule has 2 heterocycles. The normalized spacial score (nSPS) is 14.3. The van der Waals surface area contributed by atoms with Gasteiger partial charge in [0.2, 0.25) is 0 Å². The number of rotatable bonds is 3. The van der Waals surface area contributed by atoms with E-state index in [0.717, 1.165) is 18.4 Å². The third-order valence-corrected chi connectivity index (χ3v) is 3.80. The number of hydrogen-bond donors (Lipinski definition) is 1. The number of carbonyl (C=O) groups excluding carboxylic acids is 1. The number of hydrogen-bond acceptors (Lipinski definition) is 2. The summed E-state index contributed by atoms with van der Waals surface area (Å²) in [6.45, 7) is 1.83. The Morgan fingerprint density at radius 2 is 2.20 bits per heavy atom. The number of pyridine rings is 1. The van der Waals surface area contributed by atoms with Crippen LogP contribution in [0.4, 0.5) is 5.69 Å². The van der Waals surface area contributed by atoms with E-state index in [9.17, 15) is 4.79 Å². The largest absolute Gasteiger partial charge is 0.340 e. The van der Waals surface area contributed by atoms with Crippen LogP contribution < -0.4 is 5.32 Å². The van der Waals surface area contributed by atoms with Crippen LogP contribution in [0, 0.1) is 6.92 Å². The molecule has 4 nitrogen and oxygen atoms in total. The molecule has 1 aliphatic rings. The zero-order chi connectivity index (χ0) is 14.3. The molecule has 20 heavy (non-hydrogen) atoms. The van der Waals surface area contributed by atoms with Crippen molar-refractivity contribution in [2.45, 2.75) is 25.8 Å². The SMILES string of the molecule is Cc1cc(Cl)nc(Cl)c1NC(=O)c1cccn1C1CC1. The van der Waals surface area contributed by atoms with Gasteiger partial charge >= 0.3 is 0 Å². The summed E-state index contributed by atoms with van der Waals surface area (Å²) in [5, 5.41) is 3.33. The molecular formula is C14H13Cl2N3O. The molecule has 3 rings (SSSR count). The first-order valence-electron chi connectivity index (χ1n) is 6.37. The van der Waals surface area contributed by atoms with E-state index >= 15 is 0 Å². The number of carbonyl (C=O) groups is 1. The Kier molecular flexibility index (Phi) is 3.44. The molecule has 2 aromatic rings. The highest BCUT2D eigenvalue weighted by molar-refractivity contribution is 6.35. The molecule has 0 bridgehead atoms. The topological polar surface area (TPSA) is 46.9 Å². The van der Waals surface area contributed by atoms with Crippen LogP contribution in [0.15, 0.2) is 24.4 Å². The molecule has 1 amide bonds. The molecule has 0 radical (unpaired) electrons. The zero-order valence-electron chi connectivity index (χ0n) is 10.9. The first-order valence-corrected chi connectivity index (χ1v) is 7.12. The summed E-state index contributed by atoms with van der Waals surface area (Å²) in [5.41, 5.74) is 1.93. The molecule has 1 saturated carbocycles. The Hall–Kier alpha value is -1.52. The summed E-state index contributed by atoms with van der Waals surface area (Å²) in [4.78, 5) is 16.3. The zero-order valence-corrected chi connectivity index (χ0v) is 12.4. The summed E-state index contributed by atoms with van der Waals surface area (Å²) < 4.78 is 2.00. The lowest BCUT2D eigenvalue weighted by Crippen LogP contribution is -2.17. The van der Waals surface area contributed by atoms with E-state index in [1.165, 1.54) is 0 Å². The number of aromatic nitrogens is 2. The summed E-state index contributed by atoms with van der Waals surface area (Å²) in [5.74, 6) is -0.184. The molecule has 0 unspecified atom stereocenters. The van der Waals surface area contributed by atoms with E-state index < -0.39 is 0 Å². The molecule has 1 aliphatic carbocycles. The van der Waals surface area contributed by atoms with Gasteiger partial charge in [0.05, 0.1) is 5.69 Å². The highest BCUT2D eigenvalue weighted by Crippen LogP contribution is 2.36. The summed E-state index contributed by atoms with van der Waals surface area (Å²) >= 11 is 11.9. The van der Waals surface area contributed by atoms with Crippen LogP contribution in [-0.4, -0.2) is 15.5 Å². The van der Waals surface area contributed by atoms with Gasteiger partial charge < -0.3 is 9.88 Å². The summed E-state index contributed by atoms with van der Waals surface area (Å²) in [6.07, 6.45) is 4.18. The number of aryl methyl sites for hydroxylation is 1. The van der Waals surface area contributed by atoms with Gasteiger partial charge in [0.1, 0.15) is 10.8 Å². The fourth-order valence-corrected chi connectivity index (χ4v) is 2.76. The van der Waals surface area contributed by atoms with Crippen LogP contribution in [-0.2, 0) is 0 Å². The summed E-state index contributed by atoms with van der Waals surface area (Å²) in [6, 6.07) is 5.80. The molecule has 6 heteroatoms. The monoisotopic (exact) mass is 309 g/mol. The van der Waals surface area contributed by atoms with Crippen LogP contribution in [0.2, 0.25) is 10.3 Å². The number of nitrogens with zero attached hydrogens (tertiary/aromatic N) is 2. The first kappa shape index (κ1) is 13.5. The van der Waals surface area contributed by atoms with Crippen LogP contribution in [0.25, 0.3) is 0 Å². The second-order valence-electron chi connectivity index (χ2n) is 4.91. The first-order chi connectivity index (χ1) is 9.56. The Balaban J connectivity index is 1.87. The predicted molar refractivity (Wildman–Crippen MR) is 79.7 cm³/mol. The lowest BCUT2D eigenvalue weighted by atomic mass is 10.2. The molecule has 0 saturated heterocycles. The van der Waals surface area contributed by atoms with Crippen molar-refractivity contribution in [1.29, 1.82) is 0 Å². The minimum atomic E-state index is -0.184. The van der Waals surface area contributed by atoms with Gasteiger partial charge in [0, 0.05) is 12.2 Å². The average Bonchev–Trinajstić information content (AvgIpc) is 3.11. The predicted octanol–water partition coefficient (Wildman–Crippen LogP) is 4.09. The smallest absolute Gasteiger partial charge is 0.272 e. The maximum atomic E-state index is 12.4. The Morgan fingerprint density at radius 3 is 2.85 bits per heavy atom. The van der Waals surface area contributed by atoms with Crippen LogP contribution in [0.3, 0.4) is 0 Å². The van der Waals surface area contributed by atoms with Crippen LogP contribution in [0.5, 0.6) is 0 Å². The second kappa shape index (κ2) is 5.11. The highest BCUT2D eigenvalue weighted by Gasteiger charge is 2.27. The molecule has 0 aromatic carbocycles. The van der Waals surface area contributed by atoms with Crippen molar-refractivity contribution in [3.05, 3.63) is 46.0 Å². The van der Waals surface area contributed by atoms with E-state index in [2.05, 4.69) is 10.3 Å². The van der Waals surface area contributed by atoms with E-state index in [-0.39, 0.29) is 11.1 Å². The Bertz CT molecular complexity index is 654. The average molecular weight is 310 g/mol. The molecule has 1 fully saturated rings. The van der Waals surface area contributed by atoms with Crippen molar-refractivity contribution in [2.24, 2.45) is 0 Å². The Morgan fingerprint density at radius 1 is 1.45 bits per heavy atom. The van der Waals surface area contributed by atoms with Crippen molar-refractivity contribution in [3.63, 3.8) is 0 Å². The number of halogens is 2. The van der Waals surface area contributed by atoms with Gasteiger partial charge in [-0.1, -0.05) is 23.2 Å². The van der Waals surface area contributed by atoms with Crippen molar-refractivity contribution < 1.29 is 4.79 Å². The minimum absolute atomic E-state index is 0.184. The van der Waals surface area contributed by atoms with Gasteiger partial charge in [-0.25, -0.2) is 4.98 Å². The van der Waals surface area contributed by atoms with Crippen LogP contribution >= 0.6 is 23.2 Å². The maximum Gasteiger partial charge on any atom is 0.272 e. The molecule has 0 spiro atoms. The number of nitrogens with one attached hydrogen (secondary N) is 1. The van der Waals surface area contributed by atoms with Crippen molar-refractivity contribution in [1.82, 2.24) is 9.55 Å². The van der Waals surface area contributed by atoms with Crippen LogP contribution in [0.1, 0.15) is 34.9 Å². The van der Waals surface area contributed by atoms with Gasteiger partial charge in [0.25, 0.3) is 5.91 Å². The maximum absolute atomic E-state index is 12.4. The molecule has 0 aliphatic heterocycles. The molecular weight excluding hydrogens is 297 g/mol. The van der Waals surface area contributed by atoms with Gasteiger partial charge in [-0.05, 0) is 43.5 Å². The van der Waals surface area contributed by atoms with Gasteiger partial charge in [-0.3, -0.25) is 4.79 Å². The number of anilines is 1. The lowest BCUT2D eigenvalue weighted by molar-refractivity contribution is 0.101. The third kappa shape index (κ3) is 2.53. The van der Waals surface area contributed by atoms with Gasteiger partial charge in [-0.2, -0.15) is 0 Å². The minimum Gasteiger partial charge on any atom is -0.340 e. The molecule has 1 N–H and O–H groups in total. The molecule has 0 atom stereocenters.